The molecule has 0 saturated carbocycles. The molecule has 9 nitrogen and oxygen atoms in total. The van der Waals surface area contributed by atoms with Crippen LogP contribution in [0.2, 0.25) is 0 Å². The molecule has 0 bridgehead atoms. The summed E-state index contributed by atoms with van der Waals surface area (Å²) in [5, 5.41) is 5.60. The maximum atomic E-state index is 12.9. The molecule has 2 aromatic carbocycles. The molecule has 0 spiro atoms. The molecule has 2 heterocycles. The van der Waals surface area contributed by atoms with Crippen molar-refractivity contribution in [2.45, 2.75) is 58.3 Å². The van der Waals surface area contributed by atoms with Crippen LogP contribution in [-0.2, 0) is 22.7 Å². The number of hydrogen-bond donors (Lipinski definition) is 2. The number of carbonyl (C=O) groups is 3. The topological polar surface area (TPSA) is 100 Å². The number of ether oxygens (including phenoxy) is 2. The quantitative estimate of drug-likeness (QED) is 0.450. The summed E-state index contributed by atoms with van der Waals surface area (Å²) in [5.41, 5.74) is 3.56. The lowest BCUT2D eigenvalue weighted by atomic mass is 10.0. The van der Waals surface area contributed by atoms with Crippen LogP contribution in [0, 0.1) is 0 Å². The van der Waals surface area contributed by atoms with Gasteiger partial charge in [-0.1, -0.05) is 26.0 Å². The third-order valence-corrected chi connectivity index (χ3v) is 7.29. The van der Waals surface area contributed by atoms with E-state index < -0.39 is 11.9 Å². The van der Waals surface area contributed by atoms with Gasteiger partial charge in [-0.15, -0.1) is 0 Å². The van der Waals surface area contributed by atoms with Gasteiger partial charge in [0.1, 0.15) is 24.1 Å². The smallest absolute Gasteiger partial charge is 0.255 e. The highest BCUT2D eigenvalue weighted by atomic mass is 16.5. The van der Waals surface area contributed by atoms with E-state index in [9.17, 15) is 14.4 Å². The van der Waals surface area contributed by atoms with E-state index in [2.05, 4.69) is 35.4 Å². The van der Waals surface area contributed by atoms with Crippen LogP contribution in [0.4, 0.5) is 5.69 Å². The standard InChI is InChI=1S/C28H36N4O5/c1-5-20(31(6-2)15-18-8-7-9-24(36-4)26(18)29-3)17-37-21-10-11-22-19(14-21)16-32(28(22)35)23-12-13-25(33)30-27(23)34/h7-11,14,20,23,29H,5-6,12-13,15-17H2,1-4H3,(H,30,33,34). The van der Waals surface area contributed by atoms with Crippen molar-refractivity contribution in [1.29, 1.82) is 0 Å². The zero-order valence-corrected chi connectivity index (χ0v) is 22.0. The van der Waals surface area contributed by atoms with E-state index in [0.29, 0.717) is 30.9 Å². The average Bonchev–Trinajstić information content (AvgIpc) is 3.23. The second-order valence-electron chi connectivity index (χ2n) is 9.40. The molecule has 2 N–H and O–H groups in total. The molecule has 37 heavy (non-hydrogen) atoms. The Labute approximate surface area is 218 Å². The summed E-state index contributed by atoms with van der Waals surface area (Å²) >= 11 is 0. The van der Waals surface area contributed by atoms with Gasteiger partial charge in [-0.3, -0.25) is 24.6 Å². The van der Waals surface area contributed by atoms with Crippen molar-refractivity contribution in [2.24, 2.45) is 0 Å². The van der Waals surface area contributed by atoms with Crippen LogP contribution in [-0.4, -0.2) is 66.9 Å². The van der Waals surface area contributed by atoms with Crippen molar-refractivity contribution < 1.29 is 23.9 Å². The van der Waals surface area contributed by atoms with Gasteiger partial charge in [-0.05, 0) is 54.8 Å². The molecule has 2 atom stereocenters. The number of amides is 3. The number of methoxy groups -OCH3 is 1. The first-order chi connectivity index (χ1) is 17.9. The Morgan fingerprint density at radius 1 is 1.19 bits per heavy atom. The summed E-state index contributed by atoms with van der Waals surface area (Å²) < 4.78 is 11.7. The summed E-state index contributed by atoms with van der Waals surface area (Å²) in [6, 6.07) is 11.1. The molecule has 2 unspecified atom stereocenters. The largest absolute Gasteiger partial charge is 0.495 e. The van der Waals surface area contributed by atoms with Gasteiger partial charge in [0.15, 0.2) is 0 Å². The fourth-order valence-corrected chi connectivity index (χ4v) is 5.19. The summed E-state index contributed by atoms with van der Waals surface area (Å²) in [4.78, 5) is 40.7. The van der Waals surface area contributed by atoms with Crippen LogP contribution >= 0.6 is 0 Å². The lowest BCUT2D eigenvalue weighted by Crippen LogP contribution is -2.52. The minimum Gasteiger partial charge on any atom is -0.495 e. The first-order valence-electron chi connectivity index (χ1n) is 12.9. The Morgan fingerprint density at radius 2 is 2.00 bits per heavy atom. The van der Waals surface area contributed by atoms with E-state index in [1.54, 1.807) is 18.1 Å². The van der Waals surface area contributed by atoms with Gasteiger partial charge in [0.2, 0.25) is 11.8 Å². The molecule has 0 radical (unpaired) electrons. The predicted octanol–water partition coefficient (Wildman–Crippen LogP) is 3.18. The third kappa shape index (κ3) is 5.56. The molecule has 0 aromatic heterocycles. The average molecular weight is 509 g/mol. The van der Waals surface area contributed by atoms with Crippen molar-refractivity contribution in [3.05, 3.63) is 53.1 Å². The van der Waals surface area contributed by atoms with Crippen molar-refractivity contribution in [1.82, 2.24) is 15.1 Å². The van der Waals surface area contributed by atoms with Gasteiger partial charge in [0.25, 0.3) is 5.91 Å². The number of piperidine rings is 1. The Bertz CT molecular complexity index is 1170. The minimum atomic E-state index is -0.622. The van der Waals surface area contributed by atoms with Crippen LogP contribution in [0.1, 0.15) is 54.6 Å². The van der Waals surface area contributed by atoms with E-state index in [4.69, 9.17) is 9.47 Å². The number of para-hydroxylation sites is 1. The number of likely N-dealkylation sites (N-methyl/N-ethyl adjacent to an activating group) is 1. The van der Waals surface area contributed by atoms with Crippen molar-refractivity contribution >= 4 is 23.4 Å². The molecule has 198 valence electrons. The van der Waals surface area contributed by atoms with Gasteiger partial charge in [-0.2, -0.15) is 0 Å². The number of carbonyl (C=O) groups excluding carboxylic acids is 3. The van der Waals surface area contributed by atoms with Gasteiger partial charge in [-0.25, -0.2) is 0 Å². The van der Waals surface area contributed by atoms with Crippen LogP contribution < -0.4 is 20.1 Å². The normalized spacial score (nSPS) is 18.0. The Hall–Kier alpha value is -3.59. The maximum Gasteiger partial charge on any atom is 0.255 e. The SMILES string of the molecule is CCC(COc1ccc2c(c1)CN(C1CCC(=O)NC1=O)C2=O)N(CC)Cc1cccc(OC)c1NC. The van der Waals surface area contributed by atoms with E-state index >= 15 is 0 Å². The van der Waals surface area contributed by atoms with Gasteiger partial charge < -0.3 is 19.7 Å². The molecule has 2 aliphatic rings. The highest BCUT2D eigenvalue weighted by Gasteiger charge is 2.39. The second kappa shape index (κ2) is 11.6. The zero-order chi connectivity index (χ0) is 26.5. The number of nitrogens with one attached hydrogen (secondary N) is 2. The van der Waals surface area contributed by atoms with Crippen molar-refractivity contribution in [2.75, 3.05) is 32.6 Å². The number of hydrogen-bond acceptors (Lipinski definition) is 7. The summed E-state index contributed by atoms with van der Waals surface area (Å²) in [5.74, 6) is 0.638. The van der Waals surface area contributed by atoms with Gasteiger partial charge >= 0.3 is 0 Å². The number of rotatable bonds is 11. The lowest BCUT2D eigenvalue weighted by molar-refractivity contribution is -0.136. The molecule has 4 rings (SSSR count). The van der Waals surface area contributed by atoms with Crippen LogP contribution in [0.25, 0.3) is 0 Å². The molecule has 1 saturated heterocycles. The number of nitrogens with zero attached hydrogens (tertiary/aromatic N) is 2. The lowest BCUT2D eigenvalue weighted by Gasteiger charge is -2.31. The van der Waals surface area contributed by atoms with Crippen LogP contribution in [0.5, 0.6) is 11.5 Å². The number of fused-ring (bicyclic) bond motifs is 1. The molecule has 2 aromatic rings. The highest BCUT2D eigenvalue weighted by Crippen LogP contribution is 2.31. The second-order valence-corrected chi connectivity index (χ2v) is 9.40. The van der Waals surface area contributed by atoms with Gasteiger partial charge in [0.05, 0.1) is 12.8 Å². The predicted molar refractivity (Wildman–Crippen MR) is 141 cm³/mol. The fourth-order valence-electron chi connectivity index (χ4n) is 5.19. The number of imide groups is 1. The van der Waals surface area contributed by atoms with E-state index in [1.807, 2.05) is 31.3 Å². The van der Waals surface area contributed by atoms with E-state index in [-0.39, 0.29) is 24.3 Å². The molecule has 0 aliphatic carbocycles. The van der Waals surface area contributed by atoms with E-state index in [0.717, 1.165) is 42.1 Å². The van der Waals surface area contributed by atoms with Crippen molar-refractivity contribution in [3.63, 3.8) is 0 Å². The molecule has 1 fully saturated rings. The maximum absolute atomic E-state index is 12.9. The molecule has 3 amide bonds. The van der Waals surface area contributed by atoms with Crippen molar-refractivity contribution in [3.8, 4) is 11.5 Å². The van der Waals surface area contributed by atoms with Crippen LogP contribution in [0.15, 0.2) is 36.4 Å². The number of benzene rings is 2. The summed E-state index contributed by atoms with van der Waals surface area (Å²) in [6.07, 6.45) is 1.50. The first kappa shape index (κ1) is 26.5. The molecular weight excluding hydrogens is 472 g/mol. The summed E-state index contributed by atoms with van der Waals surface area (Å²) in [6.45, 7) is 6.76. The van der Waals surface area contributed by atoms with Crippen LogP contribution in [0.3, 0.4) is 0 Å². The zero-order valence-electron chi connectivity index (χ0n) is 22.0. The van der Waals surface area contributed by atoms with Gasteiger partial charge in [0, 0.05) is 38.2 Å². The number of anilines is 1. The fraction of sp³-hybridized carbons (Fsp3) is 0.464. The Balaban J connectivity index is 1.42. The molecular formula is C28H36N4O5. The molecule has 2 aliphatic heterocycles. The first-order valence-corrected chi connectivity index (χ1v) is 12.9. The Morgan fingerprint density at radius 3 is 2.68 bits per heavy atom. The summed E-state index contributed by atoms with van der Waals surface area (Å²) in [7, 11) is 3.58. The Kier molecular flexibility index (Phi) is 8.33. The van der Waals surface area contributed by atoms with E-state index in [1.165, 1.54) is 0 Å². The monoisotopic (exact) mass is 508 g/mol. The highest BCUT2D eigenvalue weighted by molar-refractivity contribution is 6.05. The molecule has 9 heteroatoms. The minimum absolute atomic E-state index is 0.182. The third-order valence-electron chi connectivity index (χ3n) is 7.29.